The van der Waals surface area contributed by atoms with Crippen LogP contribution >= 0.6 is 0 Å². The molecule has 12 heavy (non-hydrogen) atoms. The molecule has 1 aromatic heterocycles. The van der Waals surface area contributed by atoms with E-state index in [2.05, 4.69) is 10.2 Å². The van der Waals surface area contributed by atoms with Crippen LogP contribution in [0.25, 0.3) is 0 Å². The van der Waals surface area contributed by atoms with Gasteiger partial charge in [0.25, 0.3) is 0 Å². The van der Waals surface area contributed by atoms with Crippen LogP contribution in [0, 0.1) is 12.8 Å². The first-order valence-corrected chi connectivity index (χ1v) is 4.16. The molecular weight excluding hydrogens is 152 g/mol. The maximum Gasteiger partial charge on any atom is 0.111 e. The van der Waals surface area contributed by atoms with E-state index in [4.69, 9.17) is 0 Å². The Morgan fingerprint density at radius 2 is 2.17 bits per heavy atom. The van der Waals surface area contributed by atoms with Crippen molar-refractivity contribution in [2.45, 2.75) is 25.9 Å². The maximum atomic E-state index is 9.86. The van der Waals surface area contributed by atoms with E-state index >= 15 is 0 Å². The number of aliphatic hydroxyl groups is 1. The Morgan fingerprint density at radius 3 is 2.58 bits per heavy atom. The van der Waals surface area contributed by atoms with Gasteiger partial charge in [-0.15, -0.1) is 0 Å². The number of aryl methyl sites for hydroxylation is 1. The van der Waals surface area contributed by atoms with Crippen LogP contribution in [0.1, 0.15) is 24.7 Å². The highest BCUT2D eigenvalue weighted by Gasteiger charge is 2.52. The summed E-state index contributed by atoms with van der Waals surface area (Å²) in [6.07, 6.45) is 0.810. The molecule has 0 spiro atoms. The van der Waals surface area contributed by atoms with Gasteiger partial charge in [0.05, 0.1) is 11.4 Å². The lowest BCUT2D eigenvalue weighted by Crippen LogP contribution is -2.11. The Kier molecular flexibility index (Phi) is 1.45. The summed E-state index contributed by atoms with van der Waals surface area (Å²) in [6, 6.07) is 3.73. The van der Waals surface area contributed by atoms with Gasteiger partial charge >= 0.3 is 0 Å². The third-order valence-electron chi connectivity index (χ3n) is 2.51. The van der Waals surface area contributed by atoms with Crippen LogP contribution in [0.15, 0.2) is 12.1 Å². The Morgan fingerprint density at radius 1 is 1.50 bits per heavy atom. The molecule has 1 saturated carbocycles. The lowest BCUT2D eigenvalue weighted by molar-refractivity contribution is 0.128. The van der Waals surface area contributed by atoms with E-state index in [0.717, 1.165) is 12.1 Å². The van der Waals surface area contributed by atoms with Gasteiger partial charge in [-0.3, -0.25) is 0 Å². The second-order valence-corrected chi connectivity index (χ2v) is 3.59. The number of nitrogens with zero attached hydrogens (tertiary/aromatic N) is 2. The average Bonchev–Trinajstić information content (AvgIpc) is 2.62. The molecule has 0 radical (unpaired) electrons. The van der Waals surface area contributed by atoms with Crippen molar-refractivity contribution >= 4 is 0 Å². The first-order valence-electron chi connectivity index (χ1n) is 4.16. The normalized spacial score (nSPS) is 33.4. The highest BCUT2D eigenvalue weighted by Crippen LogP contribution is 2.50. The molecule has 64 valence electrons. The molecular formula is C9H12N2O. The first kappa shape index (κ1) is 7.68. The highest BCUT2D eigenvalue weighted by atomic mass is 16.3. The second-order valence-electron chi connectivity index (χ2n) is 3.59. The van der Waals surface area contributed by atoms with E-state index in [-0.39, 0.29) is 0 Å². The topological polar surface area (TPSA) is 46.0 Å². The summed E-state index contributed by atoms with van der Waals surface area (Å²) < 4.78 is 0. The molecule has 0 aromatic carbocycles. The molecule has 2 rings (SSSR count). The zero-order chi connectivity index (χ0) is 8.77. The fraction of sp³-hybridized carbons (Fsp3) is 0.556. The lowest BCUT2D eigenvalue weighted by atomic mass is 10.2. The van der Waals surface area contributed by atoms with Crippen LogP contribution in [0.4, 0.5) is 0 Å². The number of rotatable bonds is 1. The van der Waals surface area contributed by atoms with Crippen molar-refractivity contribution in [3.8, 4) is 0 Å². The molecule has 1 fully saturated rings. The van der Waals surface area contributed by atoms with Gasteiger partial charge in [-0.1, -0.05) is 6.92 Å². The molecule has 3 nitrogen and oxygen atoms in total. The average molecular weight is 164 g/mol. The van der Waals surface area contributed by atoms with Gasteiger partial charge in [0.1, 0.15) is 5.60 Å². The standard InChI is InChI=1S/C9H12N2O/c1-6-5-9(6,12)8-4-3-7(2)10-11-8/h3-4,6,12H,5H2,1-2H3. The summed E-state index contributed by atoms with van der Waals surface area (Å²) >= 11 is 0. The Bertz CT molecular complexity index is 296. The van der Waals surface area contributed by atoms with Crippen molar-refractivity contribution in [1.29, 1.82) is 0 Å². The number of aromatic nitrogens is 2. The Balaban J connectivity index is 2.31. The third kappa shape index (κ3) is 1.01. The second kappa shape index (κ2) is 2.26. The van der Waals surface area contributed by atoms with E-state index < -0.39 is 5.60 Å². The van der Waals surface area contributed by atoms with Gasteiger partial charge in [0, 0.05) is 0 Å². The number of hydrogen-bond donors (Lipinski definition) is 1. The molecule has 1 aromatic rings. The molecule has 2 unspecified atom stereocenters. The summed E-state index contributed by atoms with van der Waals surface area (Å²) in [6.45, 7) is 3.90. The van der Waals surface area contributed by atoms with E-state index in [1.807, 2.05) is 26.0 Å². The van der Waals surface area contributed by atoms with Crippen molar-refractivity contribution < 1.29 is 5.11 Å². The van der Waals surface area contributed by atoms with Crippen LogP contribution in [0.5, 0.6) is 0 Å². The van der Waals surface area contributed by atoms with E-state index in [9.17, 15) is 5.11 Å². The van der Waals surface area contributed by atoms with Gasteiger partial charge in [-0.2, -0.15) is 10.2 Å². The lowest BCUT2D eigenvalue weighted by Gasteiger charge is -2.06. The molecule has 2 atom stereocenters. The summed E-state index contributed by atoms with van der Waals surface area (Å²) in [4.78, 5) is 0. The van der Waals surface area contributed by atoms with E-state index in [0.29, 0.717) is 11.6 Å². The third-order valence-corrected chi connectivity index (χ3v) is 2.51. The Labute approximate surface area is 71.5 Å². The first-order chi connectivity index (χ1) is 5.63. The van der Waals surface area contributed by atoms with Crippen LogP contribution in [-0.4, -0.2) is 15.3 Å². The summed E-state index contributed by atoms with van der Waals surface area (Å²) in [5.74, 6) is 0.328. The largest absolute Gasteiger partial charge is 0.383 e. The minimum Gasteiger partial charge on any atom is -0.383 e. The maximum absolute atomic E-state index is 9.86. The molecule has 0 aliphatic heterocycles. The van der Waals surface area contributed by atoms with Gasteiger partial charge in [0.15, 0.2) is 0 Å². The molecule has 1 N–H and O–H groups in total. The van der Waals surface area contributed by atoms with Crippen molar-refractivity contribution in [2.75, 3.05) is 0 Å². The summed E-state index contributed by atoms with van der Waals surface area (Å²) in [5.41, 5.74) is 0.914. The van der Waals surface area contributed by atoms with Gasteiger partial charge in [-0.05, 0) is 31.4 Å². The fourth-order valence-corrected chi connectivity index (χ4v) is 1.39. The monoisotopic (exact) mass is 164 g/mol. The molecule has 0 bridgehead atoms. The van der Waals surface area contributed by atoms with Gasteiger partial charge < -0.3 is 5.11 Å². The zero-order valence-corrected chi connectivity index (χ0v) is 7.28. The van der Waals surface area contributed by atoms with Crippen molar-refractivity contribution in [2.24, 2.45) is 5.92 Å². The predicted octanol–water partition coefficient (Wildman–Crippen LogP) is 1.01. The minimum atomic E-state index is -0.680. The van der Waals surface area contributed by atoms with Gasteiger partial charge in [0.2, 0.25) is 0 Å². The molecule has 1 heterocycles. The summed E-state index contributed by atoms with van der Waals surface area (Å²) in [5, 5.41) is 17.7. The molecule has 1 aliphatic rings. The quantitative estimate of drug-likeness (QED) is 0.673. The van der Waals surface area contributed by atoms with Crippen LogP contribution in [-0.2, 0) is 5.60 Å². The van der Waals surface area contributed by atoms with E-state index in [1.165, 1.54) is 0 Å². The van der Waals surface area contributed by atoms with Crippen molar-refractivity contribution in [3.05, 3.63) is 23.5 Å². The summed E-state index contributed by atoms with van der Waals surface area (Å²) in [7, 11) is 0. The smallest absolute Gasteiger partial charge is 0.111 e. The minimum absolute atomic E-state index is 0.328. The van der Waals surface area contributed by atoms with Crippen molar-refractivity contribution in [3.63, 3.8) is 0 Å². The number of hydrogen-bond acceptors (Lipinski definition) is 3. The van der Waals surface area contributed by atoms with Gasteiger partial charge in [-0.25, -0.2) is 0 Å². The fourth-order valence-electron chi connectivity index (χ4n) is 1.39. The molecule has 1 aliphatic carbocycles. The Hall–Kier alpha value is -0.960. The van der Waals surface area contributed by atoms with Crippen LogP contribution < -0.4 is 0 Å². The molecule has 0 amide bonds. The predicted molar refractivity (Wildman–Crippen MR) is 44.4 cm³/mol. The van der Waals surface area contributed by atoms with Crippen molar-refractivity contribution in [1.82, 2.24) is 10.2 Å². The van der Waals surface area contributed by atoms with Crippen LogP contribution in [0.3, 0.4) is 0 Å². The van der Waals surface area contributed by atoms with E-state index in [1.54, 1.807) is 0 Å². The molecule has 0 saturated heterocycles. The zero-order valence-electron chi connectivity index (χ0n) is 7.28. The SMILES string of the molecule is Cc1ccc(C2(O)CC2C)nn1. The highest BCUT2D eigenvalue weighted by molar-refractivity contribution is 5.21. The van der Waals surface area contributed by atoms with Crippen LogP contribution in [0.2, 0.25) is 0 Å². The molecule has 3 heteroatoms.